The first-order valence-corrected chi connectivity index (χ1v) is 6.75. The Morgan fingerprint density at radius 1 is 1.25 bits per heavy atom. The van der Waals surface area contributed by atoms with Gasteiger partial charge in [-0.2, -0.15) is 0 Å². The molecule has 0 aromatic carbocycles. The molecule has 1 N–H and O–H groups in total. The average Bonchev–Trinajstić information content (AvgIpc) is 2.89. The molecule has 3 aliphatic carbocycles. The number of anilines is 1. The fourth-order valence-corrected chi connectivity index (χ4v) is 2.87. The monoisotopic (exact) mass is 262 g/mol. The molecule has 3 heteroatoms. The standard InChI is InChI=1S/C17H14N2O/c1-9-3-6-16(10(2)18-9)19-17(20)13-5-4-12-14-7-11(14)8-15(12)13/h3-8,14H,1-2H3,(H,19,20). The van der Waals surface area contributed by atoms with Gasteiger partial charge in [-0.3, -0.25) is 9.78 Å². The molecule has 4 rings (SSSR count). The molecule has 0 radical (unpaired) electrons. The fourth-order valence-electron chi connectivity index (χ4n) is 2.87. The first-order valence-electron chi connectivity index (χ1n) is 6.75. The minimum Gasteiger partial charge on any atom is -0.320 e. The number of hydrogen-bond acceptors (Lipinski definition) is 2. The zero-order valence-electron chi connectivity index (χ0n) is 11.4. The molecule has 0 bridgehead atoms. The summed E-state index contributed by atoms with van der Waals surface area (Å²) in [4.78, 5) is 16.8. The van der Waals surface area contributed by atoms with Gasteiger partial charge in [0, 0.05) is 17.2 Å². The summed E-state index contributed by atoms with van der Waals surface area (Å²) in [7, 11) is 0. The van der Waals surface area contributed by atoms with E-state index in [2.05, 4.69) is 28.5 Å². The van der Waals surface area contributed by atoms with Gasteiger partial charge in [0.1, 0.15) is 0 Å². The molecule has 1 unspecified atom stereocenters. The van der Waals surface area contributed by atoms with Crippen molar-refractivity contribution in [3.05, 3.63) is 70.1 Å². The van der Waals surface area contributed by atoms with Crippen LogP contribution in [0, 0.1) is 19.8 Å². The number of amides is 1. The van der Waals surface area contributed by atoms with Crippen molar-refractivity contribution in [2.45, 2.75) is 13.8 Å². The number of pyridine rings is 1. The summed E-state index contributed by atoms with van der Waals surface area (Å²) in [6.07, 6.45) is 8.31. The van der Waals surface area contributed by atoms with E-state index in [1.807, 2.05) is 32.1 Å². The van der Waals surface area contributed by atoms with Gasteiger partial charge in [-0.1, -0.05) is 12.2 Å². The van der Waals surface area contributed by atoms with Crippen LogP contribution < -0.4 is 5.32 Å². The minimum absolute atomic E-state index is 0.0573. The van der Waals surface area contributed by atoms with Crippen molar-refractivity contribution in [2.24, 2.45) is 5.92 Å². The Morgan fingerprint density at radius 3 is 2.90 bits per heavy atom. The van der Waals surface area contributed by atoms with Crippen LogP contribution in [0.1, 0.15) is 11.4 Å². The van der Waals surface area contributed by atoms with E-state index in [-0.39, 0.29) is 5.91 Å². The lowest BCUT2D eigenvalue weighted by atomic mass is 10.0. The predicted octanol–water partition coefficient (Wildman–Crippen LogP) is 3.00. The normalized spacial score (nSPS) is 21.4. The summed E-state index contributed by atoms with van der Waals surface area (Å²) in [5, 5.41) is 2.96. The quantitative estimate of drug-likeness (QED) is 0.890. The van der Waals surface area contributed by atoms with Crippen molar-refractivity contribution >= 4 is 11.6 Å². The summed E-state index contributed by atoms with van der Waals surface area (Å²) in [5.41, 5.74) is 7.03. The second kappa shape index (κ2) is 3.79. The molecule has 3 aliphatic rings. The number of aromatic nitrogens is 1. The highest BCUT2D eigenvalue weighted by Crippen LogP contribution is 2.51. The highest BCUT2D eigenvalue weighted by molar-refractivity contribution is 6.10. The van der Waals surface area contributed by atoms with Crippen LogP contribution in [0.25, 0.3) is 0 Å². The Bertz CT molecular complexity index is 778. The van der Waals surface area contributed by atoms with E-state index in [0.717, 1.165) is 28.2 Å². The van der Waals surface area contributed by atoms with Crippen molar-refractivity contribution in [1.82, 2.24) is 4.98 Å². The van der Waals surface area contributed by atoms with E-state index in [1.165, 1.54) is 11.1 Å². The van der Waals surface area contributed by atoms with Crippen molar-refractivity contribution in [2.75, 3.05) is 5.32 Å². The maximum Gasteiger partial charge on any atom is 0.256 e. The number of aryl methyl sites for hydroxylation is 2. The lowest BCUT2D eigenvalue weighted by molar-refractivity contribution is -0.112. The number of carbonyl (C=O) groups is 1. The van der Waals surface area contributed by atoms with E-state index in [4.69, 9.17) is 0 Å². The molecule has 0 saturated carbocycles. The molecule has 1 heterocycles. The summed E-state index contributed by atoms with van der Waals surface area (Å²) in [5.74, 6) is 0.424. The van der Waals surface area contributed by atoms with Crippen LogP contribution in [0.5, 0.6) is 0 Å². The summed E-state index contributed by atoms with van der Waals surface area (Å²) in [6, 6.07) is 3.81. The SMILES string of the molecule is Cc1ccc(NC(=O)C2=CC=C3C2=CC2=CC23)c(C)n1. The van der Waals surface area contributed by atoms with Gasteiger partial charge < -0.3 is 5.32 Å². The van der Waals surface area contributed by atoms with E-state index in [0.29, 0.717) is 5.92 Å². The number of hydrogen-bond donors (Lipinski definition) is 1. The summed E-state index contributed by atoms with van der Waals surface area (Å²) >= 11 is 0. The number of nitrogens with zero attached hydrogens (tertiary/aromatic N) is 1. The molecule has 1 atom stereocenters. The highest BCUT2D eigenvalue weighted by Gasteiger charge is 2.39. The van der Waals surface area contributed by atoms with Crippen LogP contribution in [0.4, 0.5) is 5.69 Å². The molecule has 0 saturated heterocycles. The third-order valence-corrected chi connectivity index (χ3v) is 4.00. The lowest BCUT2D eigenvalue weighted by Gasteiger charge is -2.10. The maximum atomic E-state index is 12.4. The minimum atomic E-state index is -0.0573. The maximum absolute atomic E-state index is 12.4. The van der Waals surface area contributed by atoms with Crippen LogP contribution in [-0.4, -0.2) is 10.9 Å². The molecule has 20 heavy (non-hydrogen) atoms. The van der Waals surface area contributed by atoms with E-state index >= 15 is 0 Å². The van der Waals surface area contributed by atoms with Crippen molar-refractivity contribution < 1.29 is 4.79 Å². The van der Waals surface area contributed by atoms with Gasteiger partial charge in [-0.25, -0.2) is 0 Å². The lowest BCUT2D eigenvalue weighted by Crippen LogP contribution is -2.16. The molecule has 0 aliphatic heterocycles. The fraction of sp³-hybridized carbons (Fsp3) is 0.176. The van der Waals surface area contributed by atoms with Gasteiger partial charge in [-0.05, 0) is 54.9 Å². The average molecular weight is 262 g/mol. The van der Waals surface area contributed by atoms with Crippen molar-refractivity contribution in [1.29, 1.82) is 0 Å². The van der Waals surface area contributed by atoms with Gasteiger partial charge in [0.2, 0.25) is 0 Å². The van der Waals surface area contributed by atoms with Crippen molar-refractivity contribution in [3.8, 4) is 0 Å². The number of rotatable bonds is 2. The van der Waals surface area contributed by atoms with Gasteiger partial charge in [-0.15, -0.1) is 0 Å². The van der Waals surface area contributed by atoms with Gasteiger partial charge in [0.25, 0.3) is 5.91 Å². The van der Waals surface area contributed by atoms with Crippen LogP contribution in [-0.2, 0) is 4.79 Å². The summed E-state index contributed by atoms with van der Waals surface area (Å²) < 4.78 is 0. The smallest absolute Gasteiger partial charge is 0.256 e. The largest absolute Gasteiger partial charge is 0.320 e. The zero-order valence-corrected chi connectivity index (χ0v) is 11.4. The molecule has 3 nitrogen and oxygen atoms in total. The molecular formula is C17H14N2O. The van der Waals surface area contributed by atoms with Gasteiger partial charge >= 0.3 is 0 Å². The molecular weight excluding hydrogens is 248 g/mol. The predicted molar refractivity (Wildman–Crippen MR) is 78.2 cm³/mol. The van der Waals surface area contributed by atoms with E-state index in [9.17, 15) is 4.79 Å². The van der Waals surface area contributed by atoms with E-state index in [1.54, 1.807) is 0 Å². The Labute approximate surface area is 117 Å². The van der Waals surface area contributed by atoms with Crippen LogP contribution >= 0.6 is 0 Å². The number of allylic oxidation sites excluding steroid dienone is 6. The second-order valence-electron chi connectivity index (χ2n) is 5.44. The Morgan fingerprint density at radius 2 is 2.10 bits per heavy atom. The first-order chi connectivity index (χ1) is 9.63. The van der Waals surface area contributed by atoms with Gasteiger partial charge in [0.15, 0.2) is 0 Å². The van der Waals surface area contributed by atoms with E-state index < -0.39 is 0 Å². The molecule has 1 amide bonds. The third-order valence-electron chi connectivity index (χ3n) is 4.00. The van der Waals surface area contributed by atoms with Crippen LogP contribution in [0.15, 0.2) is 58.7 Å². The first kappa shape index (κ1) is 11.4. The molecule has 0 spiro atoms. The molecule has 1 aromatic heterocycles. The zero-order chi connectivity index (χ0) is 13.9. The number of carbonyl (C=O) groups excluding carboxylic acids is 1. The van der Waals surface area contributed by atoms with Crippen LogP contribution in [0.2, 0.25) is 0 Å². The molecule has 98 valence electrons. The topological polar surface area (TPSA) is 42.0 Å². The van der Waals surface area contributed by atoms with Gasteiger partial charge in [0.05, 0.1) is 11.4 Å². The van der Waals surface area contributed by atoms with Crippen LogP contribution in [0.3, 0.4) is 0 Å². The summed E-state index contributed by atoms with van der Waals surface area (Å²) in [6.45, 7) is 3.85. The third kappa shape index (κ3) is 1.59. The molecule has 1 aromatic rings. The Kier molecular flexibility index (Phi) is 2.16. The second-order valence-corrected chi connectivity index (χ2v) is 5.44. The number of fused-ring (bicyclic) bond motifs is 3. The Hall–Kier alpha value is -2.42. The Balaban J connectivity index is 1.57. The number of nitrogens with one attached hydrogen (secondary N) is 1. The van der Waals surface area contributed by atoms with Crippen molar-refractivity contribution in [3.63, 3.8) is 0 Å². The highest BCUT2D eigenvalue weighted by atomic mass is 16.1. The molecule has 0 fully saturated rings.